The normalized spacial score (nSPS) is 17.9. The summed E-state index contributed by atoms with van der Waals surface area (Å²) in [6, 6.07) is 7.38. The van der Waals surface area contributed by atoms with Crippen LogP contribution < -0.4 is 5.73 Å². The number of piperidine rings is 1. The van der Waals surface area contributed by atoms with E-state index in [9.17, 15) is 9.90 Å². The Hall–Kier alpha value is -1.46. The summed E-state index contributed by atoms with van der Waals surface area (Å²) in [5, 5.41) is 9.18. The molecule has 0 atom stereocenters. The molecule has 1 fully saturated rings. The number of quaternary nitrogens is 1. The molecule has 0 bridgehead atoms. The number of aliphatic carboxylic acids is 1. The van der Waals surface area contributed by atoms with E-state index in [4.69, 9.17) is 18.0 Å². The average molecular weight is 279 g/mol. The van der Waals surface area contributed by atoms with E-state index in [1.54, 1.807) is 0 Å². The lowest BCUT2D eigenvalue weighted by molar-refractivity contribution is -0.836. The lowest BCUT2D eigenvalue weighted by Crippen LogP contribution is -2.57. The van der Waals surface area contributed by atoms with E-state index in [1.807, 2.05) is 24.3 Å². The smallest absolute Gasteiger partial charge is 0.359 e. The first kappa shape index (κ1) is 14.0. The Morgan fingerprint density at radius 3 is 2.32 bits per heavy atom. The maximum absolute atomic E-state index is 11.2. The maximum Gasteiger partial charge on any atom is 0.359 e. The highest BCUT2D eigenvalue weighted by Crippen LogP contribution is 2.24. The number of nitrogens with two attached hydrogens (primary N) is 1. The van der Waals surface area contributed by atoms with Gasteiger partial charge in [0, 0.05) is 11.3 Å². The van der Waals surface area contributed by atoms with Crippen molar-refractivity contribution in [2.45, 2.75) is 19.3 Å². The zero-order valence-corrected chi connectivity index (χ0v) is 11.7. The molecule has 3 N–H and O–H groups in total. The fraction of sp³-hybridized carbons (Fsp3) is 0.429. The van der Waals surface area contributed by atoms with Crippen LogP contribution in [-0.4, -0.2) is 40.2 Å². The van der Waals surface area contributed by atoms with E-state index < -0.39 is 5.97 Å². The minimum atomic E-state index is -0.792. The van der Waals surface area contributed by atoms with Gasteiger partial charge in [-0.3, -0.25) is 4.48 Å². The average Bonchev–Trinajstić information content (AvgIpc) is 2.39. The Morgan fingerprint density at radius 1 is 1.21 bits per heavy atom. The lowest BCUT2D eigenvalue weighted by Gasteiger charge is -2.39. The van der Waals surface area contributed by atoms with Crippen molar-refractivity contribution in [3.05, 3.63) is 29.8 Å². The molecule has 0 amide bonds. The Labute approximate surface area is 118 Å². The molecule has 0 unspecified atom stereocenters. The van der Waals surface area contributed by atoms with E-state index in [-0.39, 0.29) is 6.54 Å². The van der Waals surface area contributed by atoms with Crippen LogP contribution in [0, 0.1) is 0 Å². The van der Waals surface area contributed by atoms with Crippen molar-refractivity contribution in [2.75, 3.05) is 25.4 Å². The van der Waals surface area contributed by atoms with Crippen LogP contribution in [0.2, 0.25) is 0 Å². The number of hydrogen-bond donors (Lipinski definition) is 2. The van der Waals surface area contributed by atoms with Gasteiger partial charge in [-0.05, 0) is 55.7 Å². The fourth-order valence-corrected chi connectivity index (χ4v) is 3.09. The van der Waals surface area contributed by atoms with E-state index in [1.165, 1.54) is 0 Å². The van der Waals surface area contributed by atoms with Crippen LogP contribution in [0.15, 0.2) is 24.3 Å². The molecule has 1 aromatic rings. The Kier molecular flexibility index (Phi) is 4.17. The molecule has 5 heteroatoms. The minimum Gasteiger partial charge on any atom is -0.477 e. The van der Waals surface area contributed by atoms with E-state index >= 15 is 0 Å². The Balaban J connectivity index is 2.29. The summed E-state index contributed by atoms with van der Waals surface area (Å²) < 4.78 is 0.397. The van der Waals surface area contributed by atoms with Gasteiger partial charge in [-0.2, -0.15) is 0 Å². The van der Waals surface area contributed by atoms with Crippen LogP contribution in [0.3, 0.4) is 0 Å². The van der Waals surface area contributed by atoms with Gasteiger partial charge in [0.2, 0.25) is 4.99 Å². The summed E-state index contributed by atoms with van der Waals surface area (Å²) >= 11 is 5.58. The molecule has 0 aliphatic carbocycles. The maximum atomic E-state index is 11.2. The first-order valence-electron chi connectivity index (χ1n) is 6.52. The van der Waals surface area contributed by atoms with Gasteiger partial charge in [-0.1, -0.05) is 0 Å². The number of carboxylic acid groups (broad SMARTS) is 1. The third-order valence-corrected chi connectivity index (χ3v) is 4.32. The molecular formula is C14H19N2O2S+. The molecule has 102 valence electrons. The number of carboxylic acids is 1. The lowest BCUT2D eigenvalue weighted by atomic mass is 10.0. The van der Waals surface area contributed by atoms with Crippen LogP contribution in [0.25, 0.3) is 0 Å². The van der Waals surface area contributed by atoms with E-state index in [0.29, 0.717) is 10.2 Å². The number of rotatable bonds is 3. The molecular weight excluding hydrogens is 260 g/mol. The molecule has 1 saturated heterocycles. The molecule has 1 aliphatic rings. The molecule has 19 heavy (non-hydrogen) atoms. The van der Waals surface area contributed by atoms with Crippen LogP contribution in [0.5, 0.6) is 0 Å². The molecule has 0 radical (unpaired) electrons. The highest BCUT2D eigenvalue weighted by atomic mass is 32.1. The summed E-state index contributed by atoms with van der Waals surface area (Å²) in [5.74, 6) is -0.792. The molecule has 0 saturated carbocycles. The first-order valence-corrected chi connectivity index (χ1v) is 6.93. The van der Waals surface area contributed by atoms with Gasteiger partial charge in [-0.25, -0.2) is 4.79 Å². The number of nitrogens with zero attached hydrogens (tertiary/aromatic N) is 1. The summed E-state index contributed by atoms with van der Waals surface area (Å²) in [6.07, 6.45) is 3.22. The monoisotopic (exact) mass is 279 g/mol. The quantitative estimate of drug-likeness (QED) is 0.505. The number of thiocarbonyl (C=S) groups is 1. The van der Waals surface area contributed by atoms with Gasteiger partial charge in [-0.15, -0.1) is 0 Å². The molecule has 1 heterocycles. The fourth-order valence-electron chi connectivity index (χ4n) is 2.71. The van der Waals surface area contributed by atoms with Gasteiger partial charge in [0.05, 0.1) is 13.1 Å². The van der Waals surface area contributed by atoms with Gasteiger partial charge in [0.15, 0.2) is 6.54 Å². The predicted octanol–water partition coefficient (Wildman–Crippen LogP) is 2.03. The minimum absolute atomic E-state index is 0.0726. The van der Waals surface area contributed by atoms with Crippen LogP contribution in [-0.2, 0) is 4.79 Å². The number of likely N-dealkylation sites (tertiary alicyclic amines) is 1. The molecule has 0 aromatic heterocycles. The molecule has 0 spiro atoms. The van der Waals surface area contributed by atoms with Gasteiger partial charge >= 0.3 is 5.97 Å². The zero-order chi connectivity index (χ0) is 13.9. The second-order valence-corrected chi connectivity index (χ2v) is 5.52. The molecule has 1 aromatic carbocycles. The first-order chi connectivity index (χ1) is 9.03. The largest absolute Gasteiger partial charge is 0.477 e. The van der Waals surface area contributed by atoms with Crippen molar-refractivity contribution in [1.29, 1.82) is 0 Å². The third kappa shape index (κ3) is 3.11. The topological polar surface area (TPSA) is 63.3 Å². The van der Waals surface area contributed by atoms with Crippen LogP contribution in [0.4, 0.5) is 5.69 Å². The Morgan fingerprint density at radius 2 is 1.79 bits per heavy atom. The van der Waals surface area contributed by atoms with Crippen molar-refractivity contribution in [3.8, 4) is 0 Å². The highest BCUT2D eigenvalue weighted by Gasteiger charge is 2.37. The summed E-state index contributed by atoms with van der Waals surface area (Å²) in [6.45, 7) is 1.70. The van der Waals surface area contributed by atoms with Crippen molar-refractivity contribution < 1.29 is 14.4 Å². The number of anilines is 1. The number of nitrogen functional groups attached to an aromatic ring is 1. The summed E-state index contributed by atoms with van der Waals surface area (Å²) in [5.41, 5.74) is 7.28. The second-order valence-electron chi connectivity index (χ2n) is 5.13. The molecule has 1 aliphatic heterocycles. The third-order valence-electron chi connectivity index (χ3n) is 3.70. The van der Waals surface area contributed by atoms with Crippen LogP contribution >= 0.6 is 12.2 Å². The highest BCUT2D eigenvalue weighted by molar-refractivity contribution is 7.80. The van der Waals surface area contributed by atoms with Gasteiger partial charge in [0.1, 0.15) is 0 Å². The van der Waals surface area contributed by atoms with Gasteiger partial charge < -0.3 is 10.8 Å². The molecule has 4 nitrogen and oxygen atoms in total. The van der Waals surface area contributed by atoms with E-state index in [0.717, 1.165) is 42.9 Å². The van der Waals surface area contributed by atoms with Gasteiger partial charge in [0.25, 0.3) is 0 Å². The number of hydrogen-bond acceptors (Lipinski definition) is 3. The zero-order valence-electron chi connectivity index (χ0n) is 10.8. The number of carbonyl (C=O) groups is 1. The summed E-state index contributed by atoms with van der Waals surface area (Å²) in [7, 11) is 0. The SMILES string of the molecule is Nc1ccc(C(=S)[N+]2(CC(=O)O)CCCCC2)cc1. The van der Waals surface area contributed by atoms with Crippen molar-refractivity contribution in [3.63, 3.8) is 0 Å². The molecule has 2 rings (SSSR count). The van der Waals surface area contributed by atoms with Crippen LogP contribution in [0.1, 0.15) is 24.8 Å². The van der Waals surface area contributed by atoms with Crippen molar-refractivity contribution >= 4 is 28.9 Å². The standard InChI is InChI=1S/C14H18N2O2S/c15-12-6-4-11(5-7-12)14(19)16(10-13(17)18)8-2-1-3-9-16/h4-7H,1-3,8-10H2,(H2-,15,17,18,19)/p+1. The second kappa shape index (κ2) is 5.67. The van der Waals surface area contributed by atoms with Crippen molar-refractivity contribution in [2.24, 2.45) is 0 Å². The van der Waals surface area contributed by atoms with E-state index in [2.05, 4.69) is 0 Å². The predicted molar refractivity (Wildman–Crippen MR) is 78.9 cm³/mol. The number of benzene rings is 1. The van der Waals surface area contributed by atoms with Crippen molar-refractivity contribution in [1.82, 2.24) is 0 Å². The summed E-state index contributed by atoms with van der Waals surface area (Å²) in [4.78, 5) is 11.9. The Bertz CT molecular complexity index is 479.